The van der Waals surface area contributed by atoms with Gasteiger partial charge in [-0.2, -0.15) is 5.10 Å². The summed E-state index contributed by atoms with van der Waals surface area (Å²) in [5.74, 6) is -0.412. The molecule has 0 aliphatic carbocycles. The Morgan fingerprint density at radius 3 is 2.61 bits per heavy atom. The standard InChI is InChI=1S/C14H16N2O2/c1-9-5-6-11(10(2)7-9)12-8-16(3)15-13(12)14(17)18-4/h5-8H,1-4H3. The molecule has 0 aliphatic rings. The first-order valence-corrected chi connectivity index (χ1v) is 5.72. The average Bonchev–Trinajstić information content (AvgIpc) is 2.70. The zero-order chi connectivity index (χ0) is 13.3. The largest absolute Gasteiger partial charge is 0.464 e. The Balaban J connectivity index is 2.60. The molecule has 94 valence electrons. The fourth-order valence-electron chi connectivity index (χ4n) is 2.05. The minimum atomic E-state index is -0.412. The maximum Gasteiger partial charge on any atom is 0.359 e. The second-order valence-electron chi connectivity index (χ2n) is 4.38. The number of ether oxygens (including phenoxy) is 1. The molecule has 0 fully saturated rings. The molecule has 0 N–H and O–H groups in total. The van der Waals surface area contributed by atoms with Gasteiger partial charge >= 0.3 is 5.97 Å². The summed E-state index contributed by atoms with van der Waals surface area (Å²) in [5.41, 5.74) is 4.48. The van der Waals surface area contributed by atoms with Crippen LogP contribution in [0.5, 0.6) is 0 Å². The molecule has 0 saturated carbocycles. The molecule has 0 saturated heterocycles. The fraction of sp³-hybridized carbons (Fsp3) is 0.286. The molecular formula is C14H16N2O2. The van der Waals surface area contributed by atoms with E-state index in [0.29, 0.717) is 5.69 Å². The summed E-state index contributed by atoms with van der Waals surface area (Å²) in [6, 6.07) is 6.12. The summed E-state index contributed by atoms with van der Waals surface area (Å²) in [6.45, 7) is 4.07. The predicted molar refractivity (Wildman–Crippen MR) is 69.5 cm³/mol. The molecule has 4 heteroatoms. The van der Waals surface area contributed by atoms with E-state index in [0.717, 1.165) is 16.7 Å². The zero-order valence-corrected chi connectivity index (χ0v) is 11.0. The van der Waals surface area contributed by atoms with Crippen LogP contribution in [0.4, 0.5) is 0 Å². The molecule has 0 bridgehead atoms. The number of hydrogen-bond donors (Lipinski definition) is 0. The number of carbonyl (C=O) groups excluding carboxylic acids is 1. The average molecular weight is 244 g/mol. The highest BCUT2D eigenvalue weighted by Gasteiger charge is 2.18. The van der Waals surface area contributed by atoms with E-state index in [9.17, 15) is 4.79 Å². The molecule has 1 aromatic carbocycles. The maximum absolute atomic E-state index is 11.7. The Morgan fingerprint density at radius 1 is 1.28 bits per heavy atom. The van der Waals surface area contributed by atoms with Crippen LogP contribution in [0.3, 0.4) is 0 Å². The summed E-state index contributed by atoms with van der Waals surface area (Å²) in [6.07, 6.45) is 1.84. The number of esters is 1. The molecule has 0 atom stereocenters. The lowest BCUT2D eigenvalue weighted by Gasteiger charge is -2.06. The van der Waals surface area contributed by atoms with Gasteiger partial charge in [-0.25, -0.2) is 4.79 Å². The fourth-order valence-corrected chi connectivity index (χ4v) is 2.05. The third kappa shape index (κ3) is 2.14. The number of aromatic nitrogens is 2. The van der Waals surface area contributed by atoms with Gasteiger partial charge in [0, 0.05) is 18.8 Å². The van der Waals surface area contributed by atoms with Crippen molar-refractivity contribution in [1.82, 2.24) is 9.78 Å². The molecule has 0 aliphatic heterocycles. The first-order valence-electron chi connectivity index (χ1n) is 5.72. The van der Waals surface area contributed by atoms with Gasteiger partial charge in [-0.3, -0.25) is 4.68 Å². The zero-order valence-electron chi connectivity index (χ0n) is 11.0. The highest BCUT2D eigenvalue weighted by atomic mass is 16.5. The van der Waals surface area contributed by atoms with Crippen molar-refractivity contribution >= 4 is 5.97 Å². The van der Waals surface area contributed by atoms with Crippen LogP contribution in [0.25, 0.3) is 11.1 Å². The smallest absolute Gasteiger partial charge is 0.359 e. The topological polar surface area (TPSA) is 44.1 Å². The number of carbonyl (C=O) groups is 1. The van der Waals surface area contributed by atoms with Gasteiger partial charge in [-0.05, 0) is 25.0 Å². The summed E-state index contributed by atoms with van der Waals surface area (Å²) in [4.78, 5) is 11.7. The van der Waals surface area contributed by atoms with E-state index in [1.165, 1.54) is 12.7 Å². The highest BCUT2D eigenvalue weighted by Crippen LogP contribution is 2.27. The van der Waals surface area contributed by atoms with Gasteiger partial charge in [-0.15, -0.1) is 0 Å². The summed E-state index contributed by atoms with van der Waals surface area (Å²) < 4.78 is 6.39. The normalized spacial score (nSPS) is 10.4. The number of benzene rings is 1. The van der Waals surface area contributed by atoms with E-state index in [1.54, 1.807) is 11.7 Å². The van der Waals surface area contributed by atoms with Crippen molar-refractivity contribution in [2.75, 3.05) is 7.11 Å². The Morgan fingerprint density at radius 2 is 2.00 bits per heavy atom. The van der Waals surface area contributed by atoms with Crippen LogP contribution in [0.15, 0.2) is 24.4 Å². The van der Waals surface area contributed by atoms with E-state index in [4.69, 9.17) is 4.74 Å². The van der Waals surface area contributed by atoms with E-state index < -0.39 is 5.97 Å². The van der Waals surface area contributed by atoms with Crippen LogP contribution in [0.1, 0.15) is 21.6 Å². The number of hydrogen-bond acceptors (Lipinski definition) is 3. The summed E-state index contributed by atoms with van der Waals surface area (Å²) in [5, 5.41) is 4.16. The van der Waals surface area contributed by atoms with Crippen molar-refractivity contribution in [3.8, 4) is 11.1 Å². The van der Waals surface area contributed by atoms with Crippen molar-refractivity contribution in [2.45, 2.75) is 13.8 Å². The molecule has 2 aromatic rings. The van der Waals surface area contributed by atoms with Crippen molar-refractivity contribution in [1.29, 1.82) is 0 Å². The molecule has 1 heterocycles. The van der Waals surface area contributed by atoms with E-state index >= 15 is 0 Å². The number of methoxy groups -OCH3 is 1. The number of aryl methyl sites for hydroxylation is 3. The van der Waals surface area contributed by atoms with Crippen molar-refractivity contribution < 1.29 is 9.53 Å². The molecule has 18 heavy (non-hydrogen) atoms. The van der Waals surface area contributed by atoms with Gasteiger partial charge in [0.05, 0.1) is 7.11 Å². The lowest BCUT2D eigenvalue weighted by atomic mass is 9.99. The van der Waals surface area contributed by atoms with Gasteiger partial charge in [-0.1, -0.05) is 23.8 Å². The van der Waals surface area contributed by atoms with Crippen LogP contribution >= 0.6 is 0 Å². The Bertz CT molecular complexity index is 600. The number of rotatable bonds is 2. The Labute approximate surface area is 106 Å². The van der Waals surface area contributed by atoms with Crippen molar-refractivity contribution in [2.24, 2.45) is 7.05 Å². The first-order chi connectivity index (χ1) is 8.52. The lowest BCUT2D eigenvalue weighted by Crippen LogP contribution is -2.04. The third-order valence-electron chi connectivity index (χ3n) is 2.88. The lowest BCUT2D eigenvalue weighted by molar-refractivity contribution is 0.0594. The van der Waals surface area contributed by atoms with Crippen molar-refractivity contribution in [3.05, 3.63) is 41.2 Å². The van der Waals surface area contributed by atoms with Crippen LogP contribution in [-0.2, 0) is 11.8 Å². The van der Waals surface area contributed by atoms with Gasteiger partial charge in [0.2, 0.25) is 0 Å². The number of nitrogens with zero attached hydrogens (tertiary/aromatic N) is 2. The second-order valence-corrected chi connectivity index (χ2v) is 4.38. The molecule has 0 unspecified atom stereocenters. The minimum Gasteiger partial charge on any atom is -0.464 e. The van der Waals surface area contributed by atoms with Gasteiger partial charge in [0.1, 0.15) is 0 Å². The van der Waals surface area contributed by atoms with E-state index in [1.807, 2.05) is 32.2 Å². The van der Waals surface area contributed by atoms with E-state index in [2.05, 4.69) is 11.2 Å². The molecule has 4 nitrogen and oxygen atoms in total. The van der Waals surface area contributed by atoms with Crippen molar-refractivity contribution in [3.63, 3.8) is 0 Å². The van der Waals surface area contributed by atoms with Crippen LogP contribution in [0, 0.1) is 13.8 Å². The second kappa shape index (κ2) is 4.64. The molecular weight excluding hydrogens is 228 g/mol. The van der Waals surface area contributed by atoms with Gasteiger partial charge in [0.25, 0.3) is 0 Å². The molecule has 0 radical (unpaired) electrons. The molecule has 1 aromatic heterocycles. The first kappa shape index (κ1) is 12.4. The SMILES string of the molecule is COC(=O)c1nn(C)cc1-c1ccc(C)cc1C. The van der Waals surface area contributed by atoms with Gasteiger partial charge < -0.3 is 4.74 Å². The summed E-state index contributed by atoms with van der Waals surface area (Å²) >= 11 is 0. The molecule has 2 rings (SSSR count). The van der Waals surface area contributed by atoms with Crippen LogP contribution in [-0.4, -0.2) is 22.9 Å². The van der Waals surface area contributed by atoms with Crippen LogP contribution in [0.2, 0.25) is 0 Å². The maximum atomic E-state index is 11.7. The predicted octanol–water partition coefficient (Wildman–Crippen LogP) is 2.49. The van der Waals surface area contributed by atoms with Gasteiger partial charge in [0.15, 0.2) is 5.69 Å². The quantitative estimate of drug-likeness (QED) is 0.762. The Hall–Kier alpha value is -2.10. The summed E-state index contributed by atoms with van der Waals surface area (Å²) in [7, 11) is 3.16. The highest BCUT2D eigenvalue weighted by molar-refractivity contribution is 5.95. The van der Waals surface area contributed by atoms with E-state index in [-0.39, 0.29) is 0 Å². The molecule has 0 spiro atoms. The molecule has 0 amide bonds. The Kier molecular flexibility index (Phi) is 3.19. The monoisotopic (exact) mass is 244 g/mol. The third-order valence-corrected chi connectivity index (χ3v) is 2.88. The minimum absolute atomic E-state index is 0.354. The van der Waals surface area contributed by atoms with Crippen LogP contribution < -0.4 is 0 Å².